The van der Waals surface area contributed by atoms with E-state index in [1.165, 1.54) is 19.1 Å². The Kier molecular flexibility index (Phi) is 5.65. The van der Waals surface area contributed by atoms with Crippen molar-refractivity contribution in [1.82, 2.24) is 15.2 Å². The van der Waals surface area contributed by atoms with E-state index in [0.717, 1.165) is 18.4 Å². The van der Waals surface area contributed by atoms with E-state index in [4.69, 9.17) is 4.42 Å². The van der Waals surface area contributed by atoms with E-state index < -0.39 is 0 Å². The van der Waals surface area contributed by atoms with Gasteiger partial charge in [0.1, 0.15) is 11.6 Å². The molecule has 0 bridgehead atoms. The second kappa shape index (κ2) is 8.12. The number of rotatable bonds is 5. The highest BCUT2D eigenvalue weighted by molar-refractivity contribution is 5.83. The Morgan fingerprint density at radius 3 is 2.85 bits per heavy atom. The molecule has 1 atom stereocenters. The average Bonchev–Trinajstić information content (AvgIpc) is 3.10. The van der Waals surface area contributed by atoms with E-state index in [0.29, 0.717) is 31.2 Å². The van der Waals surface area contributed by atoms with Crippen molar-refractivity contribution in [3.63, 3.8) is 0 Å². The van der Waals surface area contributed by atoms with Crippen molar-refractivity contribution in [2.45, 2.75) is 32.1 Å². The van der Waals surface area contributed by atoms with Crippen LogP contribution < -0.4 is 5.32 Å². The summed E-state index contributed by atoms with van der Waals surface area (Å²) in [6.07, 6.45) is 4.01. The van der Waals surface area contributed by atoms with E-state index in [1.54, 1.807) is 23.2 Å². The molecular weight excluding hydrogens is 337 g/mol. The first-order valence-electron chi connectivity index (χ1n) is 8.72. The van der Waals surface area contributed by atoms with E-state index in [1.807, 2.05) is 0 Å². The summed E-state index contributed by atoms with van der Waals surface area (Å²) in [6.45, 7) is 2.62. The number of carbonyl (C=O) groups excluding carboxylic acids is 2. The fraction of sp³-hybridized carbons (Fsp3) is 0.421. The van der Waals surface area contributed by atoms with Crippen LogP contribution >= 0.6 is 0 Å². The third kappa shape index (κ3) is 4.68. The van der Waals surface area contributed by atoms with E-state index in [9.17, 15) is 14.0 Å². The minimum atomic E-state index is -0.266. The third-order valence-electron chi connectivity index (χ3n) is 4.47. The number of nitrogens with one attached hydrogen (secondary N) is 1. The van der Waals surface area contributed by atoms with Crippen LogP contribution in [0.15, 0.2) is 34.9 Å². The maximum Gasteiger partial charge on any atom is 0.241 e. The Morgan fingerprint density at radius 1 is 1.35 bits per heavy atom. The number of amides is 2. The van der Waals surface area contributed by atoms with Crippen LogP contribution in [0.3, 0.4) is 0 Å². The highest BCUT2D eigenvalue weighted by Crippen LogP contribution is 2.27. The number of aromatic nitrogens is 1. The van der Waals surface area contributed by atoms with Gasteiger partial charge in [0, 0.05) is 26.4 Å². The summed E-state index contributed by atoms with van der Waals surface area (Å²) in [4.78, 5) is 29.3. The van der Waals surface area contributed by atoms with Crippen LogP contribution in [0.4, 0.5) is 4.39 Å². The summed E-state index contributed by atoms with van der Waals surface area (Å²) < 4.78 is 18.9. The molecule has 138 valence electrons. The van der Waals surface area contributed by atoms with E-state index >= 15 is 0 Å². The number of halogens is 1. The van der Waals surface area contributed by atoms with Gasteiger partial charge in [0.25, 0.3) is 0 Å². The quantitative estimate of drug-likeness (QED) is 0.888. The van der Waals surface area contributed by atoms with Crippen LogP contribution in [0.5, 0.6) is 0 Å². The fourth-order valence-corrected chi connectivity index (χ4v) is 3.11. The zero-order chi connectivity index (χ0) is 18.5. The number of hydrogen-bond acceptors (Lipinski definition) is 4. The number of hydrogen-bond donors (Lipinski definition) is 1. The van der Waals surface area contributed by atoms with Crippen molar-refractivity contribution < 1.29 is 18.4 Å². The van der Waals surface area contributed by atoms with Crippen LogP contribution in [0.25, 0.3) is 0 Å². The second-order valence-corrected chi connectivity index (χ2v) is 6.56. The van der Waals surface area contributed by atoms with Crippen LogP contribution in [0.1, 0.15) is 42.9 Å². The molecule has 0 spiro atoms. The molecule has 1 aromatic heterocycles. The standard InChI is InChI=1S/C19H22FN3O3/c1-13(24)21-11-18(25)23-8-2-3-15(12-23)19-22-10-17(26-19)9-14-4-6-16(20)7-5-14/h4-7,10,15H,2-3,8-9,11-12H2,1H3,(H,21,24). The highest BCUT2D eigenvalue weighted by atomic mass is 19.1. The van der Waals surface area contributed by atoms with E-state index in [2.05, 4.69) is 10.3 Å². The molecule has 0 aliphatic carbocycles. The van der Waals surface area contributed by atoms with Gasteiger partial charge in [-0.2, -0.15) is 0 Å². The molecule has 1 aliphatic rings. The van der Waals surface area contributed by atoms with Gasteiger partial charge in [-0.15, -0.1) is 0 Å². The van der Waals surface area contributed by atoms with Gasteiger partial charge in [0.05, 0.1) is 18.7 Å². The smallest absolute Gasteiger partial charge is 0.241 e. The summed E-state index contributed by atoms with van der Waals surface area (Å²) in [5.74, 6) is 0.811. The molecule has 2 aromatic rings. The molecule has 1 saturated heterocycles. The van der Waals surface area contributed by atoms with Crippen LogP contribution in [0, 0.1) is 5.82 Å². The largest absolute Gasteiger partial charge is 0.445 e. The number of piperidine rings is 1. The molecule has 6 nitrogen and oxygen atoms in total. The Balaban J connectivity index is 1.60. The van der Waals surface area contributed by atoms with Crippen molar-refractivity contribution >= 4 is 11.8 Å². The van der Waals surface area contributed by atoms with Gasteiger partial charge >= 0.3 is 0 Å². The zero-order valence-electron chi connectivity index (χ0n) is 14.7. The SMILES string of the molecule is CC(=O)NCC(=O)N1CCCC(c2ncc(Cc3ccc(F)cc3)o2)C1. The van der Waals surface area contributed by atoms with Crippen LogP contribution in [0.2, 0.25) is 0 Å². The zero-order valence-corrected chi connectivity index (χ0v) is 14.7. The number of carbonyl (C=O) groups is 2. The van der Waals surface area contributed by atoms with Gasteiger partial charge in [-0.1, -0.05) is 12.1 Å². The molecule has 2 amide bonds. The molecule has 1 aromatic carbocycles. The summed E-state index contributed by atoms with van der Waals surface area (Å²) in [7, 11) is 0. The molecule has 1 unspecified atom stereocenters. The topological polar surface area (TPSA) is 75.4 Å². The first-order chi connectivity index (χ1) is 12.5. The third-order valence-corrected chi connectivity index (χ3v) is 4.47. The van der Waals surface area contributed by atoms with Crippen molar-refractivity contribution in [1.29, 1.82) is 0 Å². The van der Waals surface area contributed by atoms with Gasteiger partial charge in [-0.3, -0.25) is 9.59 Å². The molecule has 1 fully saturated rings. The molecule has 26 heavy (non-hydrogen) atoms. The maximum atomic E-state index is 13.0. The number of oxazole rings is 1. The number of benzene rings is 1. The molecule has 1 aliphatic heterocycles. The maximum absolute atomic E-state index is 13.0. The van der Waals surface area contributed by atoms with Crippen molar-refractivity contribution in [3.05, 3.63) is 53.5 Å². The minimum absolute atomic E-state index is 0.0173. The summed E-state index contributed by atoms with van der Waals surface area (Å²) >= 11 is 0. The lowest BCUT2D eigenvalue weighted by Gasteiger charge is -2.31. The summed E-state index contributed by atoms with van der Waals surface area (Å²) in [6, 6.07) is 6.29. The highest BCUT2D eigenvalue weighted by Gasteiger charge is 2.27. The predicted molar refractivity (Wildman–Crippen MR) is 92.9 cm³/mol. The molecule has 1 N–H and O–H groups in total. The second-order valence-electron chi connectivity index (χ2n) is 6.56. The molecule has 0 saturated carbocycles. The minimum Gasteiger partial charge on any atom is -0.445 e. The monoisotopic (exact) mass is 359 g/mol. The van der Waals surface area contributed by atoms with Gasteiger partial charge in [0.2, 0.25) is 11.8 Å². The lowest BCUT2D eigenvalue weighted by atomic mass is 9.98. The lowest BCUT2D eigenvalue weighted by molar-refractivity contribution is -0.133. The van der Waals surface area contributed by atoms with Gasteiger partial charge < -0.3 is 14.6 Å². The lowest BCUT2D eigenvalue weighted by Crippen LogP contribution is -2.44. The molecular formula is C19H22FN3O3. The van der Waals surface area contributed by atoms with E-state index in [-0.39, 0.29) is 30.1 Å². The Morgan fingerprint density at radius 2 is 2.12 bits per heavy atom. The summed E-state index contributed by atoms with van der Waals surface area (Å²) in [5.41, 5.74) is 0.949. The fourth-order valence-electron chi connectivity index (χ4n) is 3.11. The van der Waals surface area contributed by atoms with Gasteiger partial charge in [-0.25, -0.2) is 9.37 Å². The Hall–Kier alpha value is -2.70. The van der Waals surface area contributed by atoms with Crippen molar-refractivity contribution in [2.24, 2.45) is 0 Å². The summed E-state index contributed by atoms with van der Waals surface area (Å²) in [5, 5.41) is 2.54. The number of nitrogens with zero attached hydrogens (tertiary/aromatic N) is 2. The molecule has 7 heteroatoms. The first-order valence-corrected chi connectivity index (χ1v) is 8.72. The number of likely N-dealkylation sites (tertiary alicyclic amines) is 1. The Bertz CT molecular complexity index is 773. The van der Waals surface area contributed by atoms with Crippen molar-refractivity contribution in [2.75, 3.05) is 19.6 Å². The first kappa shape index (κ1) is 18.1. The average molecular weight is 359 g/mol. The normalized spacial score (nSPS) is 17.2. The molecule has 0 radical (unpaired) electrons. The molecule has 3 rings (SSSR count). The van der Waals surface area contributed by atoms with Crippen LogP contribution in [-0.2, 0) is 16.0 Å². The van der Waals surface area contributed by atoms with Gasteiger partial charge in [0.15, 0.2) is 5.89 Å². The van der Waals surface area contributed by atoms with Crippen LogP contribution in [-0.4, -0.2) is 41.3 Å². The van der Waals surface area contributed by atoms with Crippen molar-refractivity contribution in [3.8, 4) is 0 Å². The molecule has 2 heterocycles. The predicted octanol–water partition coefficient (Wildman–Crippen LogP) is 2.25. The van der Waals surface area contributed by atoms with Gasteiger partial charge in [-0.05, 0) is 30.5 Å². The Labute approximate surface area is 151 Å².